The Kier molecular flexibility index (Phi) is 2.83. The van der Waals surface area contributed by atoms with Gasteiger partial charge in [-0.3, -0.25) is 4.99 Å². The van der Waals surface area contributed by atoms with Gasteiger partial charge in [0.15, 0.2) is 0 Å². The molecule has 0 amide bonds. The second-order valence-electron chi connectivity index (χ2n) is 4.03. The van der Waals surface area contributed by atoms with Gasteiger partial charge in [-0.2, -0.15) is 0 Å². The van der Waals surface area contributed by atoms with Gasteiger partial charge in [0.05, 0.1) is 6.61 Å². The van der Waals surface area contributed by atoms with Crippen LogP contribution in [0.1, 0.15) is 27.7 Å². The van der Waals surface area contributed by atoms with Crippen molar-refractivity contribution >= 4 is 11.8 Å². The van der Waals surface area contributed by atoms with Crippen molar-refractivity contribution in [2.45, 2.75) is 39.3 Å². The summed E-state index contributed by atoms with van der Waals surface area (Å²) < 4.78 is 4.94. The first-order chi connectivity index (χ1) is 6.40. The minimum absolute atomic E-state index is 0.0878. The molecular formula is C10H18N2O2. The van der Waals surface area contributed by atoms with Gasteiger partial charge in [0.25, 0.3) is 0 Å². The molecule has 1 aliphatic rings. The SMILES string of the molecule is CCOC(=O)[C@H](C)N(C)C1=NC1(C)C. The Labute approximate surface area is 84.9 Å². The normalized spacial score (nSPS) is 19.6. The molecule has 0 bridgehead atoms. The Morgan fingerprint density at radius 1 is 1.64 bits per heavy atom. The smallest absolute Gasteiger partial charge is 0.328 e. The van der Waals surface area contributed by atoms with E-state index in [0.717, 1.165) is 5.84 Å². The molecule has 1 rings (SSSR count). The highest BCUT2D eigenvalue weighted by molar-refractivity contribution is 6.04. The topological polar surface area (TPSA) is 41.9 Å². The van der Waals surface area contributed by atoms with Crippen LogP contribution < -0.4 is 0 Å². The number of nitrogens with zero attached hydrogens (tertiary/aromatic N) is 2. The number of ether oxygens (including phenoxy) is 1. The first-order valence-electron chi connectivity index (χ1n) is 4.90. The molecule has 1 atom stereocenters. The van der Waals surface area contributed by atoms with E-state index < -0.39 is 0 Å². The van der Waals surface area contributed by atoms with Gasteiger partial charge >= 0.3 is 5.97 Å². The van der Waals surface area contributed by atoms with Crippen LogP contribution in [0.4, 0.5) is 0 Å². The zero-order valence-electron chi connectivity index (χ0n) is 9.50. The number of hydrogen-bond donors (Lipinski definition) is 0. The molecule has 0 saturated carbocycles. The molecule has 1 heterocycles. The zero-order valence-corrected chi connectivity index (χ0v) is 9.50. The molecule has 0 aliphatic carbocycles. The quantitative estimate of drug-likeness (QED) is 0.637. The van der Waals surface area contributed by atoms with E-state index in [1.54, 1.807) is 0 Å². The van der Waals surface area contributed by atoms with E-state index in [0.29, 0.717) is 6.61 Å². The predicted octanol–water partition coefficient (Wildman–Crippen LogP) is 1.06. The molecule has 0 aromatic carbocycles. The minimum Gasteiger partial charge on any atom is -0.464 e. The summed E-state index contributed by atoms with van der Waals surface area (Å²) in [5.74, 6) is 0.776. The fourth-order valence-electron chi connectivity index (χ4n) is 1.35. The number of carbonyl (C=O) groups excluding carboxylic acids is 1. The second kappa shape index (κ2) is 3.59. The van der Waals surface area contributed by atoms with Crippen molar-refractivity contribution in [2.24, 2.45) is 4.99 Å². The molecule has 4 heteroatoms. The highest BCUT2D eigenvalue weighted by Gasteiger charge is 2.42. The summed E-state index contributed by atoms with van der Waals surface area (Å²) in [5, 5.41) is 0. The number of carbonyl (C=O) groups is 1. The summed E-state index contributed by atoms with van der Waals surface area (Å²) in [6, 6.07) is -0.254. The molecule has 4 nitrogen and oxygen atoms in total. The predicted molar refractivity (Wildman–Crippen MR) is 55.4 cm³/mol. The lowest BCUT2D eigenvalue weighted by Crippen LogP contribution is -2.41. The van der Waals surface area contributed by atoms with Gasteiger partial charge in [-0.05, 0) is 27.7 Å². The first kappa shape index (κ1) is 11.0. The van der Waals surface area contributed by atoms with Gasteiger partial charge in [-0.1, -0.05) is 0 Å². The van der Waals surface area contributed by atoms with E-state index in [9.17, 15) is 4.79 Å². The molecule has 0 unspecified atom stereocenters. The number of rotatable bonds is 3. The summed E-state index contributed by atoms with van der Waals surface area (Å²) in [5.41, 5.74) is -0.0878. The lowest BCUT2D eigenvalue weighted by molar-refractivity contribution is -0.147. The van der Waals surface area contributed by atoms with E-state index >= 15 is 0 Å². The Balaban J connectivity index is 2.50. The van der Waals surface area contributed by atoms with Crippen molar-refractivity contribution in [3.05, 3.63) is 0 Å². The van der Waals surface area contributed by atoms with Crippen LogP contribution in [0.5, 0.6) is 0 Å². The molecule has 1 aliphatic heterocycles. The molecular weight excluding hydrogens is 180 g/mol. The van der Waals surface area contributed by atoms with E-state index in [1.807, 2.05) is 39.6 Å². The Morgan fingerprint density at radius 2 is 2.14 bits per heavy atom. The standard InChI is InChI=1S/C10H18N2O2/c1-6-14-8(13)7(2)12(5)9-10(3,4)11-9/h7H,6H2,1-5H3/t7-/m0/s1. The Hall–Kier alpha value is -1.06. The number of likely N-dealkylation sites (N-methyl/N-ethyl adjacent to an activating group) is 1. The van der Waals surface area contributed by atoms with Gasteiger partial charge in [0.1, 0.15) is 17.4 Å². The number of aliphatic imine (C=N–C) groups is 1. The molecule has 0 aromatic rings. The fourth-order valence-corrected chi connectivity index (χ4v) is 1.35. The van der Waals surface area contributed by atoms with Crippen LogP contribution in [-0.2, 0) is 9.53 Å². The van der Waals surface area contributed by atoms with E-state index in [4.69, 9.17) is 4.74 Å². The summed E-state index contributed by atoms with van der Waals surface area (Å²) in [6.07, 6.45) is 0. The van der Waals surface area contributed by atoms with E-state index in [-0.39, 0.29) is 17.6 Å². The second-order valence-corrected chi connectivity index (χ2v) is 4.03. The van der Waals surface area contributed by atoms with Crippen LogP contribution in [0.25, 0.3) is 0 Å². The van der Waals surface area contributed by atoms with Crippen LogP contribution >= 0.6 is 0 Å². The lowest BCUT2D eigenvalue weighted by Gasteiger charge is -2.22. The van der Waals surface area contributed by atoms with Gasteiger partial charge in [-0.25, -0.2) is 4.79 Å². The molecule has 0 N–H and O–H groups in total. The average molecular weight is 198 g/mol. The summed E-state index contributed by atoms with van der Waals surface area (Å²) in [7, 11) is 1.87. The number of amidine groups is 1. The fraction of sp³-hybridized carbons (Fsp3) is 0.800. The molecule has 80 valence electrons. The summed E-state index contributed by atoms with van der Waals surface area (Å²) in [4.78, 5) is 17.6. The van der Waals surface area contributed by atoms with Crippen LogP contribution in [0, 0.1) is 0 Å². The van der Waals surface area contributed by atoms with Gasteiger partial charge in [0.2, 0.25) is 0 Å². The van der Waals surface area contributed by atoms with Crippen LogP contribution in [-0.4, -0.2) is 41.9 Å². The maximum absolute atomic E-state index is 11.4. The maximum Gasteiger partial charge on any atom is 0.328 e. The van der Waals surface area contributed by atoms with Crippen molar-refractivity contribution in [3.8, 4) is 0 Å². The van der Waals surface area contributed by atoms with Gasteiger partial charge in [0, 0.05) is 7.05 Å². The number of esters is 1. The Bertz CT molecular complexity index is 271. The molecule has 0 fully saturated rings. The average Bonchev–Trinajstić information content (AvgIpc) is 2.73. The van der Waals surface area contributed by atoms with E-state index in [1.165, 1.54) is 0 Å². The maximum atomic E-state index is 11.4. The third-order valence-electron chi connectivity index (χ3n) is 2.43. The molecule has 0 saturated heterocycles. The third kappa shape index (κ3) is 2.05. The minimum atomic E-state index is -0.254. The monoisotopic (exact) mass is 198 g/mol. The highest BCUT2D eigenvalue weighted by atomic mass is 16.5. The molecule has 0 aromatic heterocycles. The molecule has 0 spiro atoms. The van der Waals surface area contributed by atoms with Crippen molar-refractivity contribution in [2.75, 3.05) is 13.7 Å². The van der Waals surface area contributed by atoms with Gasteiger partial charge in [-0.15, -0.1) is 0 Å². The van der Waals surface area contributed by atoms with Crippen LogP contribution in [0.2, 0.25) is 0 Å². The highest BCUT2D eigenvalue weighted by Crippen LogP contribution is 2.29. The summed E-state index contributed by atoms with van der Waals surface area (Å²) >= 11 is 0. The van der Waals surface area contributed by atoms with Gasteiger partial charge < -0.3 is 9.64 Å². The molecule has 14 heavy (non-hydrogen) atoms. The Morgan fingerprint density at radius 3 is 2.50 bits per heavy atom. The largest absolute Gasteiger partial charge is 0.464 e. The lowest BCUT2D eigenvalue weighted by atomic mass is 10.1. The van der Waals surface area contributed by atoms with Crippen molar-refractivity contribution in [1.29, 1.82) is 0 Å². The van der Waals surface area contributed by atoms with Crippen LogP contribution in [0.3, 0.4) is 0 Å². The van der Waals surface area contributed by atoms with Crippen molar-refractivity contribution < 1.29 is 9.53 Å². The molecule has 0 radical (unpaired) electrons. The zero-order chi connectivity index (χ0) is 10.9. The van der Waals surface area contributed by atoms with Crippen molar-refractivity contribution in [3.63, 3.8) is 0 Å². The van der Waals surface area contributed by atoms with Crippen molar-refractivity contribution in [1.82, 2.24) is 4.90 Å². The first-order valence-corrected chi connectivity index (χ1v) is 4.90. The third-order valence-corrected chi connectivity index (χ3v) is 2.43. The summed E-state index contributed by atoms with van der Waals surface area (Å²) in [6.45, 7) is 8.11. The van der Waals surface area contributed by atoms with E-state index in [2.05, 4.69) is 4.99 Å². The van der Waals surface area contributed by atoms with Crippen LogP contribution in [0.15, 0.2) is 4.99 Å². The number of hydrogen-bond acceptors (Lipinski definition) is 4.